The Morgan fingerprint density at radius 1 is 1.33 bits per heavy atom. The smallest absolute Gasteiger partial charge is 0.255 e. The zero-order valence-corrected chi connectivity index (χ0v) is 15.2. The van der Waals surface area contributed by atoms with Crippen molar-refractivity contribution in [2.75, 3.05) is 26.7 Å². The SMILES string of the molecule is CCNC(=O)c1cc(S(=O)(=O)N2C[C@@H](C)O[C@@H](C)C2)ccc1OC. The second-order valence-electron chi connectivity index (χ2n) is 5.80. The highest BCUT2D eigenvalue weighted by Gasteiger charge is 2.33. The number of morpholine rings is 1. The Morgan fingerprint density at radius 2 is 1.96 bits per heavy atom. The number of amides is 1. The molecule has 8 heteroatoms. The van der Waals surface area contributed by atoms with Gasteiger partial charge in [0.1, 0.15) is 5.75 Å². The van der Waals surface area contributed by atoms with Crippen molar-refractivity contribution in [2.24, 2.45) is 0 Å². The molecule has 0 radical (unpaired) electrons. The van der Waals surface area contributed by atoms with Crippen molar-refractivity contribution in [1.82, 2.24) is 9.62 Å². The van der Waals surface area contributed by atoms with Crippen LogP contribution >= 0.6 is 0 Å². The maximum absolute atomic E-state index is 12.9. The molecule has 0 unspecified atom stereocenters. The number of nitrogens with zero attached hydrogens (tertiary/aromatic N) is 1. The summed E-state index contributed by atoms with van der Waals surface area (Å²) in [6.45, 7) is 6.49. The zero-order chi connectivity index (χ0) is 17.9. The molecule has 0 aromatic heterocycles. The van der Waals surface area contributed by atoms with Gasteiger partial charge in [0.05, 0.1) is 29.8 Å². The molecule has 1 aromatic carbocycles. The Labute approximate surface area is 143 Å². The summed E-state index contributed by atoms with van der Waals surface area (Å²) in [5, 5.41) is 2.66. The van der Waals surface area contributed by atoms with E-state index in [1.807, 2.05) is 13.8 Å². The summed E-state index contributed by atoms with van der Waals surface area (Å²) < 4.78 is 38.0. The van der Waals surface area contributed by atoms with Gasteiger partial charge in [0.2, 0.25) is 10.0 Å². The summed E-state index contributed by atoms with van der Waals surface area (Å²) in [7, 11) is -2.26. The zero-order valence-electron chi connectivity index (χ0n) is 14.4. The first-order valence-corrected chi connectivity index (χ1v) is 9.35. The Kier molecular flexibility index (Phi) is 5.84. The molecule has 134 valence electrons. The van der Waals surface area contributed by atoms with Crippen LogP contribution in [0.3, 0.4) is 0 Å². The Balaban J connectivity index is 2.40. The van der Waals surface area contributed by atoms with Gasteiger partial charge in [0.25, 0.3) is 5.91 Å². The number of benzene rings is 1. The highest BCUT2D eigenvalue weighted by atomic mass is 32.2. The van der Waals surface area contributed by atoms with Crippen molar-refractivity contribution in [3.05, 3.63) is 23.8 Å². The summed E-state index contributed by atoms with van der Waals surface area (Å²) in [6, 6.07) is 4.33. The van der Waals surface area contributed by atoms with Crippen molar-refractivity contribution >= 4 is 15.9 Å². The lowest BCUT2D eigenvalue weighted by atomic mass is 10.2. The molecule has 0 saturated carbocycles. The summed E-state index contributed by atoms with van der Waals surface area (Å²) in [6.07, 6.45) is -0.353. The minimum Gasteiger partial charge on any atom is -0.496 e. The topological polar surface area (TPSA) is 84.9 Å². The van der Waals surface area contributed by atoms with Gasteiger partial charge in [0.15, 0.2) is 0 Å². The van der Waals surface area contributed by atoms with E-state index in [2.05, 4.69) is 5.32 Å². The van der Waals surface area contributed by atoms with Gasteiger partial charge < -0.3 is 14.8 Å². The minimum atomic E-state index is -3.71. The predicted octanol–water partition coefficient (Wildman–Crippen LogP) is 1.24. The van der Waals surface area contributed by atoms with Crippen molar-refractivity contribution < 1.29 is 22.7 Å². The molecule has 1 aliphatic rings. The molecule has 1 saturated heterocycles. The minimum absolute atomic E-state index is 0.0749. The van der Waals surface area contributed by atoms with Crippen LogP contribution in [0.4, 0.5) is 0 Å². The molecule has 1 N–H and O–H groups in total. The molecule has 7 nitrogen and oxygen atoms in total. The second-order valence-corrected chi connectivity index (χ2v) is 7.74. The number of hydrogen-bond donors (Lipinski definition) is 1. The molecule has 0 spiro atoms. The molecule has 24 heavy (non-hydrogen) atoms. The third kappa shape index (κ3) is 3.88. The molecule has 0 aliphatic carbocycles. The third-order valence-corrected chi connectivity index (χ3v) is 5.60. The van der Waals surface area contributed by atoms with Crippen LogP contribution in [0.1, 0.15) is 31.1 Å². The summed E-state index contributed by atoms with van der Waals surface area (Å²) >= 11 is 0. The Bertz CT molecular complexity index is 694. The Hall–Kier alpha value is -1.64. The molecule has 2 rings (SSSR count). The normalized spacial score (nSPS) is 22.2. The van der Waals surface area contributed by atoms with Gasteiger partial charge in [-0.1, -0.05) is 0 Å². The van der Waals surface area contributed by atoms with Crippen molar-refractivity contribution in [1.29, 1.82) is 0 Å². The molecule has 1 heterocycles. The monoisotopic (exact) mass is 356 g/mol. The maximum atomic E-state index is 12.9. The van der Waals surface area contributed by atoms with Crippen LogP contribution in [0.15, 0.2) is 23.1 Å². The number of methoxy groups -OCH3 is 1. The molecule has 1 fully saturated rings. The van der Waals surface area contributed by atoms with E-state index in [0.29, 0.717) is 12.3 Å². The lowest BCUT2D eigenvalue weighted by Gasteiger charge is -2.34. The lowest BCUT2D eigenvalue weighted by Crippen LogP contribution is -2.48. The average molecular weight is 356 g/mol. The van der Waals surface area contributed by atoms with Crippen molar-refractivity contribution in [3.63, 3.8) is 0 Å². The first-order valence-electron chi connectivity index (χ1n) is 7.91. The van der Waals surface area contributed by atoms with E-state index in [0.717, 1.165) is 0 Å². The summed E-state index contributed by atoms with van der Waals surface area (Å²) in [4.78, 5) is 12.2. The standard InChI is InChI=1S/C16H24N2O5S/c1-5-17-16(19)14-8-13(6-7-15(14)22-4)24(20,21)18-9-11(2)23-12(3)10-18/h6-8,11-12H,5,9-10H2,1-4H3,(H,17,19)/t11-,12+. The quantitative estimate of drug-likeness (QED) is 0.858. The van der Waals surface area contributed by atoms with Crippen LogP contribution in [-0.4, -0.2) is 57.6 Å². The fraction of sp³-hybridized carbons (Fsp3) is 0.562. The number of ether oxygens (including phenoxy) is 2. The van der Waals surface area contributed by atoms with Gasteiger partial charge in [-0.15, -0.1) is 0 Å². The fourth-order valence-corrected chi connectivity index (χ4v) is 4.37. The van der Waals surface area contributed by atoms with E-state index >= 15 is 0 Å². The average Bonchev–Trinajstić information content (AvgIpc) is 2.53. The molecule has 0 bridgehead atoms. The van der Waals surface area contributed by atoms with Crippen LogP contribution in [-0.2, 0) is 14.8 Å². The van der Waals surface area contributed by atoms with Gasteiger partial charge in [-0.05, 0) is 39.0 Å². The predicted molar refractivity (Wildman–Crippen MR) is 89.8 cm³/mol. The van der Waals surface area contributed by atoms with E-state index in [-0.39, 0.29) is 41.7 Å². The van der Waals surface area contributed by atoms with E-state index in [1.54, 1.807) is 6.92 Å². The second kappa shape index (κ2) is 7.50. The number of sulfonamides is 1. The van der Waals surface area contributed by atoms with Gasteiger partial charge in [0, 0.05) is 19.6 Å². The molecular weight excluding hydrogens is 332 g/mol. The number of rotatable bonds is 5. The molecular formula is C16H24N2O5S. The summed E-state index contributed by atoms with van der Waals surface area (Å²) in [5.74, 6) is -0.0290. The van der Waals surface area contributed by atoms with Gasteiger partial charge in [-0.25, -0.2) is 8.42 Å². The third-order valence-electron chi connectivity index (χ3n) is 3.78. The molecule has 2 atom stereocenters. The number of carbonyl (C=O) groups is 1. The van der Waals surface area contributed by atoms with Crippen molar-refractivity contribution in [3.8, 4) is 5.75 Å². The van der Waals surface area contributed by atoms with Crippen molar-refractivity contribution in [2.45, 2.75) is 37.9 Å². The highest BCUT2D eigenvalue weighted by Crippen LogP contribution is 2.26. The number of carbonyl (C=O) groups excluding carboxylic acids is 1. The van der Waals surface area contributed by atoms with E-state index in [4.69, 9.17) is 9.47 Å². The van der Waals surface area contributed by atoms with E-state index in [1.165, 1.54) is 29.6 Å². The number of nitrogens with one attached hydrogen (secondary N) is 1. The first-order chi connectivity index (χ1) is 11.3. The Morgan fingerprint density at radius 3 is 2.50 bits per heavy atom. The van der Waals surface area contributed by atoms with Crippen LogP contribution in [0, 0.1) is 0 Å². The van der Waals surface area contributed by atoms with Gasteiger partial charge in [-0.3, -0.25) is 4.79 Å². The summed E-state index contributed by atoms with van der Waals surface area (Å²) in [5.41, 5.74) is 0.204. The first kappa shape index (κ1) is 18.7. The molecule has 1 aromatic rings. The molecule has 1 aliphatic heterocycles. The maximum Gasteiger partial charge on any atom is 0.255 e. The van der Waals surface area contributed by atoms with Crippen LogP contribution in [0.5, 0.6) is 5.75 Å². The van der Waals surface area contributed by atoms with Gasteiger partial charge in [-0.2, -0.15) is 4.31 Å². The van der Waals surface area contributed by atoms with E-state index < -0.39 is 10.0 Å². The number of hydrogen-bond acceptors (Lipinski definition) is 5. The van der Waals surface area contributed by atoms with Crippen LogP contribution in [0.25, 0.3) is 0 Å². The molecule has 1 amide bonds. The highest BCUT2D eigenvalue weighted by molar-refractivity contribution is 7.89. The van der Waals surface area contributed by atoms with Crippen LogP contribution < -0.4 is 10.1 Å². The fourth-order valence-electron chi connectivity index (χ4n) is 2.76. The largest absolute Gasteiger partial charge is 0.496 e. The van der Waals surface area contributed by atoms with Gasteiger partial charge >= 0.3 is 0 Å². The van der Waals surface area contributed by atoms with Crippen LogP contribution in [0.2, 0.25) is 0 Å². The lowest BCUT2D eigenvalue weighted by molar-refractivity contribution is -0.0440. The van der Waals surface area contributed by atoms with E-state index in [9.17, 15) is 13.2 Å².